The summed E-state index contributed by atoms with van der Waals surface area (Å²) in [6.07, 6.45) is 0.745. The number of carboxylic acids is 1. The van der Waals surface area contributed by atoms with Crippen LogP contribution < -0.4 is 16.4 Å². The second kappa shape index (κ2) is 4.16. The number of amides is 3. The molecule has 1 aliphatic carbocycles. The van der Waals surface area contributed by atoms with Crippen molar-refractivity contribution in [2.45, 2.75) is 12.8 Å². The van der Waals surface area contributed by atoms with Gasteiger partial charge in [-0.15, -0.1) is 0 Å². The zero-order valence-corrected chi connectivity index (χ0v) is 8.08. The second-order valence-corrected chi connectivity index (χ2v) is 3.43. The van der Waals surface area contributed by atoms with Gasteiger partial charge >= 0.3 is 12.0 Å². The molecule has 1 saturated carbocycles. The van der Waals surface area contributed by atoms with Crippen molar-refractivity contribution in [1.82, 2.24) is 10.6 Å². The zero-order valence-electron chi connectivity index (χ0n) is 8.08. The predicted octanol–water partition coefficient (Wildman–Crippen LogP) is -1.36. The van der Waals surface area contributed by atoms with Crippen LogP contribution in [0.25, 0.3) is 0 Å². The molecule has 5 N–H and O–H groups in total. The van der Waals surface area contributed by atoms with Gasteiger partial charge < -0.3 is 21.5 Å². The van der Waals surface area contributed by atoms with E-state index in [-0.39, 0.29) is 13.1 Å². The van der Waals surface area contributed by atoms with Gasteiger partial charge in [0.25, 0.3) is 0 Å². The monoisotopic (exact) mass is 215 g/mol. The lowest BCUT2D eigenvalue weighted by atomic mass is 10.1. The minimum absolute atomic E-state index is 0.177. The van der Waals surface area contributed by atoms with E-state index < -0.39 is 23.3 Å². The smallest absolute Gasteiger partial charge is 0.319 e. The molecule has 7 nitrogen and oxygen atoms in total. The summed E-state index contributed by atoms with van der Waals surface area (Å²) < 4.78 is 0. The third-order valence-electron chi connectivity index (χ3n) is 2.30. The molecule has 7 heteroatoms. The Bertz CT molecular complexity index is 298. The number of nitrogens with one attached hydrogen (secondary N) is 2. The molecule has 15 heavy (non-hydrogen) atoms. The Balaban J connectivity index is 2.25. The molecule has 0 atom stereocenters. The fourth-order valence-corrected chi connectivity index (χ4v) is 1.19. The fraction of sp³-hybridized carbons (Fsp3) is 0.625. The summed E-state index contributed by atoms with van der Waals surface area (Å²) in [6, 6.07) is -0.677. The van der Waals surface area contributed by atoms with Gasteiger partial charge in [0.05, 0.1) is 0 Å². The van der Waals surface area contributed by atoms with Gasteiger partial charge in [0.1, 0.15) is 5.41 Å². The number of carbonyl (C=O) groups excluding carboxylic acids is 2. The van der Waals surface area contributed by atoms with Crippen LogP contribution in [0.2, 0.25) is 0 Å². The van der Waals surface area contributed by atoms with Crippen LogP contribution in [0.15, 0.2) is 0 Å². The third-order valence-corrected chi connectivity index (χ3v) is 2.30. The molecule has 0 unspecified atom stereocenters. The summed E-state index contributed by atoms with van der Waals surface area (Å²) in [6.45, 7) is 0.369. The lowest BCUT2D eigenvalue weighted by Crippen LogP contribution is -2.42. The Kier molecular flexibility index (Phi) is 3.13. The highest BCUT2D eigenvalue weighted by Gasteiger charge is 2.56. The maximum absolute atomic E-state index is 11.4. The van der Waals surface area contributed by atoms with Gasteiger partial charge in [-0.3, -0.25) is 9.59 Å². The molecule has 1 aliphatic rings. The lowest BCUT2D eigenvalue weighted by Gasteiger charge is -2.10. The van der Waals surface area contributed by atoms with Crippen molar-refractivity contribution < 1.29 is 19.5 Å². The zero-order chi connectivity index (χ0) is 11.5. The number of nitrogens with two attached hydrogens (primary N) is 1. The van der Waals surface area contributed by atoms with E-state index in [1.807, 2.05) is 0 Å². The summed E-state index contributed by atoms with van der Waals surface area (Å²) >= 11 is 0. The van der Waals surface area contributed by atoms with Crippen molar-refractivity contribution >= 4 is 17.9 Å². The Morgan fingerprint density at radius 2 is 1.73 bits per heavy atom. The molecule has 84 valence electrons. The summed E-state index contributed by atoms with van der Waals surface area (Å²) in [5, 5.41) is 13.5. The number of rotatable bonds is 5. The fourth-order valence-electron chi connectivity index (χ4n) is 1.19. The molecule has 0 aromatic rings. The van der Waals surface area contributed by atoms with Crippen molar-refractivity contribution in [3.63, 3.8) is 0 Å². The number of hydrogen-bond acceptors (Lipinski definition) is 3. The van der Waals surface area contributed by atoms with Gasteiger partial charge in [-0.1, -0.05) is 0 Å². The van der Waals surface area contributed by atoms with Crippen molar-refractivity contribution in [2.24, 2.45) is 11.1 Å². The quantitative estimate of drug-likeness (QED) is 0.334. The average molecular weight is 215 g/mol. The van der Waals surface area contributed by atoms with E-state index in [1.165, 1.54) is 0 Å². The maximum atomic E-state index is 11.4. The van der Waals surface area contributed by atoms with Gasteiger partial charge in [0.2, 0.25) is 5.91 Å². The van der Waals surface area contributed by atoms with Crippen LogP contribution >= 0.6 is 0 Å². The first-order valence-corrected chi connectivity index (χ1v) is 4.54. The van der Waals surface area contributed by atoms with E-state index in [4.69, 9.17) is 10.8 Å². The Morgan fingerprint density at radius 1 is 1.20 bits per heavy atom. The standard InChI is InChI=1S/C8H13N3O4/c9-7(15)11-4-3-10-5(12)8(1-2-8)6(13)14/h1-4H2,(H,10,12)(H,13,14)(H3,9,11,15). The Morgan fingerprint density at radius 3 is 2.13 bits per heavy atom. The van der Waals surface area contributed by atoms with Crippen molar-refractivity contribution in [3.05, 3.63) is 0 Å². The molecule has 0 aromatic heterocycles. The third kappa shape index (κ3) is 2.58. The molecule has 0 bridgehead atoms. The van der Waals surface area contributed by atoms with E-state index in [2.05, 4.69) is 10.6 Å². The topological polar surface area (TPSA) is 122 Å². The lowest BCUT2D eigenvalue weighted by molar-refractivity contribution is -0.149. The predicted molar refractivity (Wildman–Crippen MR) is 49.9 cm³/mol. The summed E-state index contributed by atoms with van der Waals surface area (Å²) in [5.41, 5.74) is 3.57. The van der Waals surface area contributed by atoms with E-state index >= 15 is 0 Å². The Labute approximate surface area is 86.0 Å². The minimum atomic E-state index is -1.23. The molecule has 0 heterocycles. The van der Waals surface area contributed by atoms with Crippen molar-refractivity contribution in [3.8, 4) is 0 Å². The van der Waals surface area contributed by atoms with Crippen LogP contribution in [-0.2, 0) is 9.59 Å². The molecular weight excluding hydrogens is 202 g/mol. The van der Waals surface area contributed by atoms with E-state index in [1.54, 1.807) is 0 Å². The summed E-state index contributed by atoms with van der Waals surface area (Å²) in [5.74, 6) is -1.59. The number of urea groups is 1. The van der Waals surface area contributed by atoms with E-state index in [0.717, 1.165) is 0 Å². The number of carbonyl (C=O) groups is 3. The van der Waals surface area contributed by atoms with Crippen LogP contribution in [-0.4, -0.2) is 36.1 Å². The van der Waals surface area contributed by atoms with Crippen LogP contribution in [0.5, 0.6) is 0 Å². The normalized spacial score (nSPS) is 16.5. The summed E-state index contributed by atoms with van der Waals surface area (Å²) in [7, 11) is 0. The van der Waals surface area contributed by atoms with Crippen LogP contribution in [0.1, 0.15) is 12.8 Å². The molecule has 3 amide bonds. The van der Waals surface area contributed by atoms with Gasteiger partial charge in [-0.05, 0) is 12.8 Å². The molecule has 1 rings (SSSR count). The van der Waals surface area contributed by atoms with E-state index in [0.29, 0.717) is 12.8 Å². The first kappa shape index (κ1) is 11.3. The number of hydrogen-bond donors (Lipinski definition) is 4. The van der Waals surface area contributed by atoms with Crippen molar-refractivity contribution in [1.29, 1.82) is 0 Å². The molecule has 0 saturated heterocycles. The largest absolute Gasteiger partial charge is 0.480 e. The number of carboxylic acid groups (broad SMARTS) is 1. The number of primary amides is 1. The van der Waals surface area contributed by atoms with Crippen molar-refractivity contribution in [2.75, 3.05) is 13.1 Å². The molecular formula is C8H13N3O4. The SMILES string of the molecule is NC(=O)NCCNC(=O)C1(C(=O)O)CC1. The highest BCUT2D eigenvalue weighted by Crippen LogP contribution is 2.45. The second-order valence-electron chi connectivity index (χ2n) is 3.43. The van der Waals surface area contributed by atoms with Gasteiger partial charge in [0.15, 0.2) is 0 Å². The molecule has 0 aromatic carbocycles. The first-order valence-electron chi connectivity index (χ1n) is 4.54. The highest BCUT2D eigenvalue weighted by atomic mass is 16.4. The maximum Gasteiger partial charge on any atom is 0.319 e. The van der Waals surface area contributed by atoms with Gasteiger partial charge in [0, 0.05) is 13.1 Å². The van der Waals surface area contributed by atoms with Gasteiger partial charge in [-0.25, -0.2) is 4.79 Å². The first-order chi connectivity index (χ1) is 6.99. The van der Waals surface area contributed by atoms with Crippen LogP contribution in [0.4, 0.5) is 4.79 Å². The average Bonchev–Trinajstić information content (AvgIpc) is 2.92. The molecule has 1 fully saturated rings. The summed E-state index contributed by atoms with van der Waals surface area (Å²) in [4.78, 5) is 32.4. The minimum Gasteiger partial charge on any atom is -0.480 e. The number of aliphatic carboxylic acids is 1. The van der Waals surface area contributed by atoms with Crippen LogP contribution in [0.3, 0.4) is 0 Å². The molecule has 0 radical (unpaired) electrons. The van der Waals surface area contributed by atoms with Crippen LogP contribution in [0, 0.1) is 5.41 Å². The van der Waals surface area contributed by atoms with E-state index in [9.17, 15) is 14.4 Å². The molecule has 0 aliphatic heterocycles. The van der Waals surface area contributed by atoms with Gasteiger partial charge in [-0.2, -0.15) is 0 Å². The highest BCUT2D eigenvalue weighted by molar-refractivity contribution is 6.04. The molecule has 0 spiro atoms. The Hall–Kier alpha value is -1.79.